The molecular weight excluding hydrogens is 214 g/mol. The van der Waals surface area contributed by atoms with E-state index in [0.29, 0.717) is 19.0 Å². The monoisotopic (exact) mass is 230 g/mol. The lowest BCUT2D eigenvalue weighted by Gasteiger charge is -2.21. The van der Waals surface area contributed by atoms with Gasteiger partial charge in [0.1, 0.15) is 0 Å². The number of aryl methyl sites for hydroxylation is 2. The van der Waals surface area contributed by atoms with Crippen molar-refractivity contribution in [2.24, 2.45) is 5.73 Å². The van der Waals surface area contributed by atoms with Crippen LogP contribution in [0.25, 0.3) is 0 Å². The van der Waals surface area contributed by atoms with Crippen LogP contribution >= 0.6 is 0 Å². The molecule has 0 bridgehead atoms. The van der Waals surface area contributed by atoms with Crippen LogP contribution in [-0.4, -0.2) is 36.0 Å². The van der Waals surface area contributed by atoms with Gasteiger partial charge in [-0.15, -0.1) is 0 Å². The third-order valence-electron chi connectivity index (χ3n) is 2.01. The van der Waals surface area contributed by atoms with Crippen molar-refractivity contribution in [2.45, 2.75) is 20.3 Å². The van der Waals surface area contributed by atoms with Gasteiger partial charge in [0.2, 0.25) is 5.95 Å². The molecule has 2 N–H and O–H groups in total. The first-order valence-electron chi connectivity index (χ1n) is 5.08. The Bertz CT molecular complexity index is 323. The molecule has 0 saturated carbocycles. The minimum Gasteiger partial charge on any atom is -0.334 e. The van der Waals surface area contributed by atoms with Crippen LogP contribution in [0.4, 0.5) is 14.7 Å². The fourth-order valence-corrected chi connectivity index (χ4v) is 1.44. The molecule has 0 atom stereocenters. The number of hydrogen-bond acceptors (Lipinski definition) is 4. The van der Waals surface area contributed by atoms with Gasteiger partial charge >= 0.3 is 0 Å². The number of anilines is 1. The van der Waals surface area contributed by atoms with Gasteiger partial charge < -0.3 is 10.6 Å². The van der Waals surface area contributed by atoms with E-state index in [2.05, 4.69) is 9.97 Å². The lowest BCUT2D eigenvalue weighted by atomic mass is 10.3. The largest absolute Gasteiger partial charge is 0.334 e. The van der Waals surface area contributed by atoms with E-state index >= 15 is 0 Å². The fraction of sp³-hybridized carbons (Fsp3) is 0.600. The Hall–Kier alpha value is -1.30. The van der Waals surface area contributed by atoms with Gasteiger partial charge in [-0.3, -0.25) is 0 Å². The van der Waals surface area contributed by atoms with Crippen molar-refractivity contribution >= 4 is 5.95 Å². The van der Waals surface area contributed by atoms with Crippen molar-refractivity contribution in [3.8, 4) is 0 Å². The molecule has 1 aromatic rings. The number of nitrogens with two attached hydrogens (primary N) is 1. The zero-order chi connectivity index (χ0) is 12.1. The van der Waals surface area contributed by atoms with Gasteiger partial charge in [0.15, 0.2) is 0 Å². The summed E-state index contributed by atoms with van der Waals surface area (Å²) in [5.41, 5.74) is 6.90. The van der Waals surface area contributed by atoms with Crippen LogP contribution in [0.3, 0.4) is 0 Å². The number of nitrogens with zero attached hydrogens (tertiary/aromatic N) is 3. The summed E-state index contributed by atoms with van der Waals surface area (Å²) in [5, 5.41) is 0. The molecule has 0 fully saturated rings. The molecule has 0 spiro atoms. The van der Waals surface area contributed by atoms with Gasteiger partial charge in [0, 0.05) is 24.5 Å². The van der Waals surface area contributed by atoms with E-state index in [1.54, 1.807) is 19.9 Å². The second kappa shape index (κ2) is 5.69. The van der Waals surface area contributed by atoms with E-state index in [4.69, 9.17) is 5.73 Å². The molecule has 90 valence electrons. The van der Waals surface area contributed by atoms with Gasteiger partial charge in [-0.1, -0.05) is 0 Å². The van der Waals surface area contributed by atoms with Crippen molar-refractivity contribution in [3.05, 3.63) is 17.5 Å². The van der Waals surface area contributed by atoms with Gasteiger partial charge in [0.25, 0.3) is 6.43 Å². The molecular formula is C10H16F2N4. The first-order valence-corrected chi connectivity index (χ1v) is 5.08. The first kappa shape index (κ1) is 12.8. The van der Waals surface area contributed by atoms with E-state index in [9.17, 15) is 8.78 Å². The highest BCUT2D eigenvalue weighted by molar-refractivity contribution is 5.32. The molecule has 4 nitrogen and oxygen atoms in total. The molecule has 0 saturated heterocycles. The molecule has 6 heteroatoms. The Labute approximate surface area is 93.5 Å². The lowest BCUT2D eigenvalue weighted by Crippen LogP contribution is -2.35. The second-order valence-corrected chi connectivity index (χ2v) is 3.58. The van der Waals surface area contributed by atoms with Gasteiger partial charge in [-0.25, -0.2) is 18.7 Å². The maximum Gasteiger partial charge on any atom is 0.255 e. The number of rotatable bonds is 5. The van der Waals surface area contributed by atoms with Crippen LogP contribution in [-0.2, 0) is 0 Å². The third kappa shape index (κ3) is 3.69. The van der Waals surface area contributed by atoms with Crippen LogP contribution in [0, 0.1) is 13.8 Å². The topological polar surface area (TPSA) is 55.0 Å². The number of aromatic nitrogens is 2. The molecule has 16 heavy (non-hydrogen) atoms. The van der Waals surface area contributed by atoms with Crippen molar-refractivity contribution < 1.29 is 8.78 Å². The van der Waals surface area contributed by atoms with E-state index in [1.807, 2.05) is 0 Å². The van der Waals surface area contributed by atoms with Crippen molar-refractivity contribution in [1.29, 1.82) is 0 Å². The first-order chi connectivity index (χ1) is 7.52. The average molecular weight is 230 g/mol. The van der Waals surface area contributed by atoms with Crippen LogP contribution in [0.2, 0.25) is 0 Å². The molecule has 1 heterocycles. The standard InChI is InChI=1S/C10H16F2N4/c1-7-5-8(2)15-10(14-7)16(4-3-13)6-9(11)12/h5,9H,3-4,6,13H2,1-2H3. The number of alkyl halides is 2. The summed E-state index contributed by atoms with van der Waals surface area (Å²) in [7, 11) is 0. The molecule has 0 aliphatic carbocycles. The summed E-state index contributed by atoms with van der Waals surface area (Å²) >= 11 is 0. The van der Waals surface area contributed by atoms with Gasteiger partial charge in [-0.2, -0.15) is 0 Å². The Morgan fingerprint density at radius 2 is 1.88 bits per heavy atom. The molecule has 0 aliphatic rings. The van der Waals surface area contributed by atoms with E-state index < -0.39 is 6.43 Å². The zero-order valence-corrected chi connectivity index (χ0v) is 9.45. The van der Waals surface area contributed by atoms with Gasteiger partial charge in [0.05, 0.1) is 6.54 Å². The third-order valence-corrected chi connectivity index (χ3v) is 2.01. The van der Waals surface area contributed by atoms with Crippen molar-refractivity contribution in [2.75, 3.05) is 24.5 Å². The Kier molecular flexibility index (Phi) is 4.54. The van der Waals surface area contributed by atoms with Crippen LogP contribution in [0.5, 0.6) is 0 Å². The van der Waals surface area contributed by atoms with Crippen LogP contribution < -0.4 is 10.6 Å². The SMILES string of the molecule is Cc1cc(C)nc(N(CCN)CC(F)F)n1. The summed E-state index contributed by atoms with van der Waals surface area (Å²) in [5.74, 6) is 0.322. The highest BCUT2D eigenvalue weighted by atomic mass is 19.3. The maximum absolute atomic E-state index is 12.4. The lowest BCUT2D eigenvalue weighted by molar-refractivity contribution is 0.154. The van der Waals surface area contributed by atoms with Crippen molar-refractivity contribution in [3.63, 3.8) is 0 Å². The van der Waals surface area contributed by atoms with Crippen LogP contribution in [0.15, 0.2) is 6.07 Å². The Morgan fingerprint density at radius 1 is 1.31 bits per heavy atom. The average Bonchev–Trinajstić information content (AvgIpc) is 2.14. The molecule has 0 amide bonds. The minimum atomic E-state index is -2.42. The summed E-state index contributed by atoms with van der Waals surface area (Å²) < 4.78 is 24.7. The summed E-state index contributed by atoms with van der Waals surface area (Å²) in [6.07, 6.45) is -2.42. The number of hydrogen-bond donors (Lipinski definition) is 1. The molecule has 0 unspecified atom stereocenters. The molecule has 0 radical (unpaired) electrons. The molecule has 0 aromatic carbocycles. The quantitative estimate of drug-likeness (QED) is 0.823. The normalized spacial score (nSPS) is 10.9. The van der Waals surface area contributed by atoms with Crippen LogP contribution in [0.1, 0.15) is 11.4 Å². The highest BCUT2D eigenvalue weighted by Crippen LogP contribution is 2.11. The van der Waals surface area contributed by atoms with E-state index in [1.165, 1.54) is 4.90 Å². The maximum atomic E-state index is 12.4. The van der Waals surface area contributed by atoms with Gasteiger partial charge in [-0.05, 0) is 19.9 Å². The number of halogens is 2. The van der Waals surface area contributed by atoms with E-state index in [-0.39, 0.29) is 6.54 Å². The smallest absolute Gasteiger partial charge is 0.255 e. The predicted octanol–water partition coefficient (Wildman–Crippen LogP) is 1.12. The summed E-state index contributed by atoms with van der Waals surface area (Å²) in [4.78, 5) is 9.67. The summed E-state index contributed by atoms with van der Waals surface area (Å²) in [6.45, 7) is 3.85. The highest BCUT2D eigenvalue weighted by Gasteiger charge is 2.15. The second-order valence-electron chi connectivity index (χ2n) is 3.58. The fourth-order valence-electron chi connectivity index (χ4n) is 1.44. The molecule has 1 rings (SSSR count). The minimum absolute atomic E-state index is 0.295. The Morgan fingerprint density at radius 3 is 2.31 bits per heavy atom. The Balaban J connectivity index is 2.90. The molecule has 0 aliphatic heterocycles. The zero-order valence-electron chi connectivity index (χ0n) is 9.45. The van der Waals surface area contributed by atoms with E-state index in [0.717, 1.165) is 11.4 Å². The molecule has 1 aromatic heterocycles. The summed E-state index contributed by atoms with van der Waals surface area (Å²) in [6, 6.07) is 1.80. The van der Waals surface area contributed by atoms with Crippen molar-refractivity contribution in [1.82, 2.24) is 9.97 Å². The predicted molar refractivity (Wildman–Crippen MR) is 58.8 cm³/mol.